The van der Waals surface area contributed by atoms with E-state index < -0.39 is 12.4 Å². The Hall–Kier alpha value is -0.750. The highest BCUT2D eigenvalue weighted by molar-refractivity contribution is 9.08. The number of rotatable bonds is 4. The van der Waals surface area contributed by atoms with Crippen LogP contribution < -0.4 is 0 Å². The zero-order valence-electron chi connectivity index (χ0n) is 8.84. The van der Waals surface area contributed by atoms with E-state index in [4.69, 9.17) is 11.6 Å². The van der Waals surface area contributed by atoms with Gasteiger partial charge in [0.1, 0.15) is 5.69 Å². The molecule has 1 heterocycles. The van der Waals surface area contributed by atoms with Gasteiger partial charge >= 0.3 is 5.97 Å². The van der Waals surface area contributed by atoms with Gasteiger partial charge in [-0.05, 0) is 11.6 Å². The number of hydrogen-bond acceptors (Lipinski definition) is 3. The van der Waals surface area contributed by atoms with E-state index in [9.17, 15) is 13.6 Å². The Morgan fingerprint density at radius 1 is 1.65 bits per heavy atom. The van der Waals surface area contributed by atoms with Gasteiger partial charge in [-0.25, -0.2) is 13.8 Å². The van der Waals surface area contributed by atoms with Gasteiger partial charge in [0, 0.05) is 5.33 Å². The summed E-state index contributed by atoms with van der Waals surface area (Å²) in [6, 6.07) is 1.38. The molecule has 0 aliphatic rings. The molecule has 1 aromatic heterocycles. The first-order chi connectivity index (χ1) is 7.99. The van der Waals surface area contributed by atoms with Gasteiger partial charge in [0.2, 0.25) is 0 Å². The number of ether oxygens (including phenoxy) is 1. The molecule has 1 aromatic rings. The minimum atomic E-state index is -2.71. The number of alkyl halides is 3. The van der Waals surface area contributed by atoms with Crippen LogP contribution in [0.15, 0.2) is 6.07 Å². The van der Waals surface area contributed by atoms with Crippen LogP contribution in [0.2, 0.25) is 5.02 Å². The van der Waals surface area contributed by atoms with Gasteiger partial charge in [-0.15, -0.1) is 0 Å². The first kappa shape index (κ1) is 14.3. The highest BCUT2D eigenvalue weighted by Crippen LogP contribution is 2.27. The minimum absolute atomic E-state index is 0.0958. The van der Waals surface area contributed by atoms with Crippen LogP contribution in [0.3, 0.4) is 0 Å². The lowest BCUT2D eigenvalue weighted by molar-refractivity contribution is -0.139. The number of carbonyl (C=O) groups excluding carboxylic acids is 1. The van der Waals surface area contributed by atoms with E-state index in [2.05, 4.69) is 25.7 Å². The lowest BCUT2D eigenvalue weighted by Gasteiger charge is -2.09. The average Bonchev–Trinajstić information content (AvgIpc) is 2.30. The summed E-state index contributed by atoms with van der Waals surface area (Å²) < 4.78 is 29.8. The molecule has 0 N–H and O–H groups in total. The van der Waals surface area contributed by atoms with Gasteiger partial charge in [-0.3, -0.25) is 4.79 Å². The summed E-state index contributed by atoms with van der Waals surface area (Å²) in [7, 11) is 1.21. The van der Waals surface area contributed by atoms with Crippen LogP contribution >= 0.6 is 27.5 Å². The van der Waals surface area contributed by atoms with Crippen molar-refractivity contribution in [1.29, 1.82) is 0 Å². The molecule has 7 heteroatoms. The quantitative estimate of drug-likeness (QED) is 0.629. The van der Waals surface area contributed by atoms with Crippen molar-refractivity contribution in [2.75, 3.05) is 7.11 Å². The fraction of sp³-hybridized carbons (Fsp3) is 0.400. The Bertz CT molecular complexity index is 429. The smallest absolute Gasteiger partial charge is 0.311 e. The molecule has 0 unspecified atom stereocenters. The molecule has 0 spiro atoms. The van der Waals surface area contributed by atoms with E-state index in [-0.39, 0.29) is 28.2 Å². The fourth-order valence-corrected chi connectivity index (χ4v) is 1.90. The molecule has 1 rings (SSSR count). The number of nitrogens with zero attached hydrogens (tertiary/aromatic N) is 1. The predicted octanol–water partition coefficient (Wildman–Crippen LogP) is 3.28. The van der Waals surface area contributed by atoms with E-state index in [1.165, 1.54) is 13.2 Å². The standard InChI is InChI=1S/C10H9BrClF2NO2/c1-17-8(16)3-7-6(12)2-5(4-11)9(15-7)10(13)14/h2,10H,3-4H2,1H3. The third kappa shape index (κ3) is 3.61. The Morgan fingerprint density at radius 2 is 2.29 bits per heavy atom. The second kappa shape index (κ2) is 6.26. The minimum Gasteiger partial charge on any atom is -0.469 e. The summed E-state index contributed by atoms with van der Waals surface area (Å²) in [6.07, 6.45) is -2.94. The third-order valence-electron chi connectivity index (χ3n) is 2.05. The molecule has 3 nitrogen and oxygen atoms in total. The molecule has 17 heavy (non-hydrogen) atoms. The number of hydrogen-bond donors (Lipinski definition) is 0. The summed E-state index contributed by atoms with van der Waals surface area (Å²) in [6.45, 7) is 0. The second-order valence-corrected chi connectivity index (χ2v) is 4.12. The molecule has 0 saturated carbocycles. The SMILES string of the molecule is COC(=O)Cc1nc(C(F)F)c(CBr)cc1Cl. The third-order valence-corrected chi connectivity index (χ3v) is 2.98. The molecule has 0 bridgehead atoms. The van der Waals surface area contributed by atoms with Crippen molar-refractivity contribution in [3.05, 3.63) is 28.0 Å². The molecular formula is C10H9BrClF2NO2. The topological polar surface area (TPSA) is 39.2 Å². The van der Waals surface area contributed by atoms with Crippen molar-refractivity contribution in [3.8, 4) is 0 Å². The van der Waals surface area contributed by atoms with Crippen molar-refractivity contribution in [3.63, 3.8) is 0 Å². The summed E-state index contributed by atoms with van der Waals surface area (Å²) >= 11 is 8.93. The maximum atomic E-state index is 12.7. The van der Waals surface area contributed by atoms with E-state index in [0.29, 0.717) is 5.56 Å². The lowest BCUT2D eigenvalue weighted by Crippen LogP contribution is -2.09. The molecule has 0 aliphatic carbocycles. The normalized spacial score (nSPS) is 10.7. The van der Waals surface area contributed by atoms with Crippen LogP contribution in [-0.2, 0) is 21.3 Å². The summed E-state index contributed by atoms with van der Waals surface area (Å²) in [5.41, 5.74) is 0.0299. The van der Waals surface area contributed by atoms with E-state index in [1.807, 2.05) is 0 Å². The molecule has 0 atom stereocenters. The first-order valence-corrected chi connectivity index (χ1v) is 6.08. The molecule has 0 aromatic carbocycles. The van der Waals surface area contributed by atoms with Crippen molar-refractivity contribution in [1.82, 2.24) is 4.98 Å². The van der Waals surface area contributed by atoms with Gasteiger partial charge < -0.3 is 4.74 Å². The Kier molecular flexibility index (Phi) is 5.27. The highest BCUT2D eigenvalue weighted by Gasteiger charge is 2.19. The van der Waals surface area contributed by atoms with Crippen LogP contribution in [0, 0.1) is 0 Å². The number of methoxy groups -OCH3 is 1. The molecule has 0 radical (unpaired) electrons. The molecular weight excluding hydrogens is 319 g/mol. The number of pyridine rings is 1. The zero-order valence-corrected chi connectivity index (χ0v) is 11.2. The Morgan fingerprint density at radius 3 is 2.76 bits per heavy atom. The van der Waals surface area contributed by atoms with Crippen molar-refractivity contribution < 1.29 is 18.3 Å². The summed E-state index contributed by atoms with van der Waals surface area (Å²) in [5.74, 6) is -0.578. The number of aromatic nitrogens is 1. The number of halogens is 4. The van der Waals surface area contributed by atoms with Crippen molar-refractivity contribution >= 4 is 33.5 Å². The van der Waals surface area contributed by atoms with Gasteiger partial charge in [0.05, 0.1) is 24.2 Å². The highest BCUT2D eigenvalue weighted by atomic mass is 79.9. The van der Waals surface area contributed by atoms with E-state index in [0.717, 1.165) is 0 Å². The average molecular weight is 329 g/mol. The predicted molar refractivity (Wildman–Crippen MR) is 62.6 cm³/mol. The molecule has 0 saturated heterocycles. The first-order valence-electron chi connectivity index (χ1n) is 4.58. The molecule has 94 valence electrons. The van der Waals surface area contributed by atoms with Crippen LogP contribution in [0.4, 0.5) is 8.78 Å². The van der Waals surface area contributed by atoms with E-state index >= 15 is 0 Å². The second-order valence-electron chi connectivity index (χ2n) is 3.15. The maximum Gasteiger partial charge on any atom is 0.311 e. The Balaban J connectivity index is 3.15. The van der Waals surface area contributed by atoms with Gasteiger partial charge in [-0.1, -0.05) is 27.5 Å². The van der Waals surface area contributed by atoms with Crippen LogP contribution in [-0.4, -0.2) is 18.1 Å². The van der Waals surface area contributed by atoms with Crippen LogP contribution in [0.25, 0.3) is 0 Å². The maximum absolute atomic E-state index is 12.7. The monoisotopic (exact) mass is 327 g/mol. The lowest BCUT2D eigenvalue weighted by atomic mass is 10.1. The largest absolute Gasteiger partial charge is 0.469 e. The fourth-order valence-electron chi connectivity index (χ4n) is 1.21. The summed E-state index contributed by atoms with van der Waals surface area (Å²) in [4.78, 5) is 14.8. The van der Waals surface area contributed by atoms with Crippen molar-refractivity contribution in [2.45, 2.75) is 18.2 Å². The number of carbonyl (C=O) groups is 1. The summed E-state index contributed by atoms with van der Waals surface area (Å²) in [5, 5.41) is 0.395. The van der Waals surface area contributed by atoms with Gasteiger partial charge in [0.25, 0.3) is 6.43 Å². The van der Waals surface area contributed by atoms with Crippen LogP contribution in [0.1, 0.15) is 23.4 Å². The van der Waals surface area contributed by atoms with Crippen molar-refractivity contribution in [2.24, 2.45) is 0 Å². The van der Waals surface area contributed by atoms with E-state index in [1.54, 1.807) is 0 Å². The molecule has 0 fully saturated rings. The molecule has 0 amide bonds. The number of esters is 1. The van der Waals surface area contributed by atoms with Gasteiger partial charge in [-0.2, -0.15) is 0 Å². The Labute approximate surface area is 110 Å². The van der Waals surface area contributed by atoms with Crippen LogP contribution in [0.5, 0.6) is 0 Å². The molecule has 0 aliphatic heterocycles. The van der Waals surface area contributed by atoms with Gasteiger partial charge in [0.15, 0.2) is 0 Å². The zero-order chi connectivity index (χ0) is 13.0.